The van der Waals surface area contributed by atoms with Crippen LogP contribution >= 0.6 is 0 Å². The molecule has 0 bridgehead atoms. The Hall–Kier alpha value is -4.41. The van der Waals surface area contributed by atoms with Gasteiger partial charge in [0.15, 0.2) is 0 Å². The van der Waals surface area contributed by atoms with Crippen molar-refractivity contribution >= 4 is 18.0 Å². The van der Waals surface area contributed by atoms with Gasteiger partial charge in [-0.25, -0.2) is 14.2 Å². The van der Waals surface area contributed by atoms with Crippen LogP contribution < -0.4 is 11.4 Å². The summed E-state index contributed by atoms with van der Waals surface area (Å²) >= 11 is 0. The average molecular weight is 536 g/mol. The van der Waals surface area contributed by atoms with E-state index in [9.17, 15) is 14.4 Å². The predicted octanol–water partition coefficient (Wildman–Crippen LogP) is 3.92. The number of nitrogen functional groups attached to an aromatic ring is 1. The van der Waals surface area contributed by atoms with E-state index in [1.54, 1.807) is 43.3 Å². The van der Waals surface area contributed by atoms with E-state index < -0.39 is 18.4 Å². The number of esters is 1. The van der Waals surface area contributed by atoms with E-state index in [4.69, 9.17) is 25.4 Å². The number of carbonyl (C=O) groups is 2. The second-order valence-corrected chi connectivity index (χ2v) is 9.51. The maximum atomic E-state index is 13.1. The molecule has 1 saturated carbocycles. The van der Waals surface area contributed by atoms with Crippen molar-refractivity contribution in [2.75, 3.05) is 0 Å². The maximum Gasteiger partial charge on any atom is 0.511 e. The summed E-state index contributed by atoms with van der Waals surface area (Å²) in [5.74, 6) is -0.0504. The highest BCUT2D eigenvalue weighted by atomic mass is 16.8. The van der Waals surface area contributed by atoms with E-state index in [-0.39, 0.29) is 24.1 Å². The summed E-state index contributed by atoms with van der Waals surface area (Å²) in [7, 11) is 0. The number of amidine groups is 1. The van der Waals surface area contributed by atoms with Gasteiger partial charge in [0, 0.05) is 18.9 Å². The molecule has 11 heteroatoms. The van der Waals surface area contributed by atoms with Crippen molar-refractivity contribution in [2.45, 2.75) is 71.2 Å². The quantitative estimate of drug-likeness (QED) is 0.181. The van der Waals surface area contributed by atoms with Crippen LogP contribution in [0.15, 0.2) is 53.3 Å². The molecule has 206 valence electrons. The maximum absolute atomic E-state index is 13.1. The Kier molecular flexibility index (Phi) is 8.80. The van der Waals surface area contributed by atoms with E-state index in [0.717, 1.165) is 37.7 Å². The number of hydrogen-bond acceptors (Lipinski definition) is 8. The minimum atomic E-state index is -1.04. The van der Waals surface area contributed by atoms with Gasteiger partial charge in [0.1, 0.15) is 17.8 Å². The minimum Gasteiger partial charge on any atom is -0.431 e. The number of aromatic nitrogens is 3. The molecule has 2 aromatic carbocycles. The third-order valence-corrected chi connectivity index (χ3v) is 6.55. The molecule has 4 rings (SSSR count). The first-order valence-corrected chi connectivity index (χ1v) is 13.0. The molecule has 1 fully saturated rings. The zero-order valence-corrected chi connectivity index (χ0v) is 22.1. The van der Waals surface area contributed by atoms with E-state index >= 15 is 0 Å². The van der Waals surface area contributed by atoms with Gasteiger partial charge in [-0.2, -0.15) is 4.68 Å². The van der Waals surface area contributed by atoms with Crippen LogP contribution in [0.25, 0.3) is 11.4 Å². The fourth-order valence-corrected chi connectivity index (χ4v) is 4.52. The highest BCUT2D eigenvalue weighted by molar-refractivity contribution is 5.95. The minimum absolute atomic E-state index is 0.0543. The molecule has 3 N–H and O–H groups in total. The summed E-state index contributed by atoms with van der Waals surface area (Å²) in [5, 5.41) is 11.9. The molecule has 0 spiro atoms. The molecule has 39 heavy (non-hydrogen) atoms. The molecule has 0 aliphatic heterocycles. The molecule has 0 radical (unpaired) electrons. The van der Waals surface area contributed by atoms with Crippen molar-refractivity contribution in [2.24, 2.45) is 5.73 Å². The highest BCUT2D eigenvalue weighted by Gasteiger charge is 2.21. The fraction of sp³-hybridized carbons (Fsp3) is 0.393. The monoisotopic (exact) mass is 535 g/mol. The van der Waals surface area contributed by atoms with Crippen LogP contribution in [0.4, 0.5) is 4.79 Å². The standard InChI is InChI=1S/C28H33N5O6/c1-18-31-33(23-15-11-21(12-16-23)26(29)30)27(35)32(18)22-13-8-20(9-14-22)10-17-25(34)37-19(2)38-28(36)39-24-6-4-3-5-7-24/h8-9,11-16,19,24H,3-7,10,17H2,1-2H3,(H3,29,30). The predicted molar refractivity (Wildman–Crippen MR) is 143 cm³/mol. The van der Waals surface area contributed by atoms with Gasteiger partial charge < -0.3 is 19.9 Å². The van der Waals surface area contributed by atoms with Gasteiger partial charge in [-0.1, -0.05) is 18.6 Å². The number of nitrogens with zero attached hydrogens (tertiary/aromatic N) is 3. The van der Waals surface area contributed by atoms with Gasteiger partial charge >= 0.3 is 17.8 Å². The first-order chi connectivity index (χ1) is 18.7. The lowest BCUT2D eigenvalue weighted by Crippen LogP contribution is -2.26. The van der Waals surface area contributed by atoms with Crippen molar-refractivity contribution < 1.29 is 23.8 Å². The molecule has 1 aliphatic carbocycles. The van der Waals surface area contributed by atoms with Crippen molar-refractivity contribution in [3.63, 3.8) is 0 Å². The van der Waals surface area contributed by atoms with Crippen molar-refractivity contribution in [1.29, 1.82) is 5.41 Å². The lowest BCUT2D eigenvalue weighted by Gasteiger charge is -2.22. The first-order valence-electron chi connectivity index (χ1n) is 13.0. The number of rotatable bonds is 9. The molecule has 1 aromatic heterocycles. The Bertz CT molecular complexity index is 1370. The van der Waals surface area contributed by atoms with Crippen LogP contribution in [0.1, 0.15) is 62.4 Å². The SMILES string of the molecule is Cc1nn(-c2ccc(C(=N)N)cc2)c(=O)n1-c1ccc(CCC(=O)OC(C)OC(=O)OC2CCCCC2)cc1. The second-order valence-electron chi connectivity index (χ2n) is 9.51. The highest BCUT2D eigenvalue weighted by Crippen LogP contribution is 2.21. The molecule has 0 amide bonds. The van der Waals surface area contributed by atoms with E-state index in [2.05, 4.69) is 5.10 Å². The van der Waals surface area contributed by atoms with Gasteiger partial charge in [-0.3, -0.25) is 10.2 Å². The van der Waals surface area contributed by atoms with Crippen molar-refractivity contribution in [1.82, 2.24) is 14.3 Å². The zero-order valence-electron chi connectivity index (χ0n) is 22.1. The fourth-order valence-electron chi connectivity index (χ4n) is 4.52. The number of hydrogen-bond donors (Lipinski definition) is 2. The molecule has 3 aromatic rings. The molecule has 1 heterocycles. The summed E-state index contributed by atoms with van der Waals surface area (Å²) in [6.07, 6.45) is 3.37. The number of nitrogens with two attached hydrogens (primary N) is 1. The third-order valence-electron chi connectivity index (χ3n) is 6.55. The molecule has 1 atom stereocenters. The van der Waals surface area contributed by atoms with Crippen molar-refractivity contribution in [3.8, 4) is 11.4 Å². The Morgan fingerprint density at radius 2 is 1.67 bits per heavy atom. The van der Waals surface area contributed by atoms with Crippen molar-refractivity contribution in [3.05, 3.63) is 76.0 Å². The smallest absolute Gasteiger partial charge is 0.431 e. The lowest BCUT2D eigenvalue weighted by atomic mass is 9.98. The molecular weight excluding hydrogens is 502 g/mol. The summed E-state index contributed by atoms with van der Waals surface area (Å²) in [6, 6.07) is 13.9. The van der Waals surface area contributed by atoms with Crippen LogP contribution in [-0.2, 0) is 25.4 Å². The molecule has 1 aliphatic rings. The Morgan fingerprint density at radius 3 is 2.31 bits per heavy atom. The van der Waals surface area contributed by atoms with Crippen LogP contribution in [0, 0.1) is 12.3 Å². The van der Waals surface area contributed by atoms with Crippen LogP contribution in [-0.4, -0.2) is 44.7 Å². The molecule has 0 saturated heterocycles. The topological polar surface area (TPSA) is 152 Å². The molecule has 1 unspecified atom stereocenters. The normalized spacial score (nSPS) is 14.4. The van der Waals surface area contributed by atoms with Gasteiger partial charge in [-0.15, -0.1) is 5.10 Å². The van der Waals surface area contributed by atoms with Gasteiger partial charge in [0.25, 0.3) is 0 Å². The number of nitrogens with one attached hydrogen (secondary N) is 1. The summed E-state index contributed by atoms with van der Waals surface area (Å²) < 4.78 is 18.3. The molecular formula is C28H33N5O6. The van der Waals surface area contributed by atoms with Gasteiger partial charge in [0.05, 0.1) is 11.4 Å². The van der Waals surface area contributed by atoms with E-state index in [1.807, 2.05) is 12.1 Å². The van der Waals surface area contributed by atoms with Crippen LogP contribution in [0.2, 0.25) is 0 Å². The van der Waals surface area contributed by atoms with E-state index in [1.165, 1.54) is 16.2 Å². The first kappa shape index (κ1) is 27.6. The Balaban J connectivity index is 1.30. The Labute approximate surface area is 226 Å². The number of ether oxygens (including phenoxy) is 3. The average Bonchev–Trinajstić information content (AvgIpc) is 3.21. The summed E-state index contributed by atoms with van der Waals surface area (Å²) in [4.78, 5) is 37.3. The number of aryl methyl sites for hydroxylation is 2. The third kappa shape index (κ3) is 7.13. The molecule has 11 nitrogen and oxygen atoms in total. The lowest BCUT2D eigenvalue weighted by molar-refractivity contribution is -0.169. The second kappa shape index (κ2) is 12.4. The summed E-state index contributed by atoms with van der Waals surface area (Å²) in [6.45, 7) is 3.21. The largest absolute Gasteiger partial charge is 0.511 e. The number of benzene rings is 2. The van der Waals surface area contributed by atoms with E-state index in [0.29, 0.717) is 29.2 Å². The van der Waals surface area contributed by atoms with Gasteiger partial charge in [-0.05, 0) is 81.0 Å². The zero-order chi connectivity index (χ0) is 27.9. The van der Waals surface area contributed by atoms with Gasteiger partial charge in [0.2, 0.25) is 6.29 Å². The van der Waals surface area contributed by atoms with Crippen LogP contribution in [0.3, 0.4) is 0 Å². The van der Waals surface area contributed by atoms with Crippen LogP contribution in [0.5, 0.6) is 0 Å². The Morgan fingerprint density at radius 1 is 1.03 bits per heavy atom. The number of carbonyl (C=O) groups excluding carboxylic acids is 2. The summed E-state index contributed by atoms with van der Waals surface area (Å²) in [5.41, 5.74) is 7.79.